The quantitative estimate of drug-likeness (QED) is 0.866. The van der Waals surface area contributed by atoms with Gasteiger partial charge in [-0.3, -0.25) is 9.59 Å². The van der Waals surface area contributed by atoms with E-state index in [9.17, 15) is 9.59 Å². The largest absolute Gasteiger partial charge is 0.481 e. The van der Waals surface area contributed by atoms with Crippen LogP contribution < -0.4 is 0 Å². The van der Waals surface area contributed by atoms with Crippen molar-refractivity contribution in [1.82, 2.24) is 4.90 Å². The molecule has 0 aliphatic carbocycles. The summed E-state index contributed by atoms with van der Waals surface area (Å²) in [7, 11) is 0. The van der Waals surface area contributed by atoms with Gasteiger partial charge in [0.15, 0.2) is 0 Å². The van der Waals surface area contributed by atoms with Crippen molar-refractivity contribution in [3.63, 3.8) is 0 Å². The summed E-state index contributed by atoms with van der Waals surface area (Å²) in [5.74, 6) is -0.997. The number of benzene rings is 1. The molecule has 0 aromatic heterocycles. The van der Waals surface area contributed by atoms with E-state index in [1.165, 1.54) is 0 Å². The number of carbonyl (C=O) groups is 2. The first-order chi connectivity index (χ1) is 10.5. The number of amides is 1. The molecule has 1 aliphatic rings. The summed E-state index contributed by atoms with van der Waals surface area (Å²) in [4.78, 5) is 25.5. The first-order valence-corrected chi connectivity index (χ1v) is 8.15. The van der Waals surface area contributed by atoms with Crippen molar-refractivity contribution in [3.05, 3.63) is 33.8 Å². The number of rotatable bonds is 5. The van der Waals surface area contributed by atoms with Gasteiger partial charge in [-0.25, -0.2) is 0 Å². The molecule has 120 valence electrons. The minimum atomic E-state index is -0.893. The van der Waals surface area contributed by atoms with Crippen molar-refractivity contribution in [1.29, 1.82) is 0 Å². The summed E-state index contributed by atoms with van der Waals surface area (Å²) in [6, 6.07) is 5.61. The van der Waals surface area contributed by atoms with Crippen LogP contribution in [0.25, 0.3) is 0 Å². The van der Waals surface area contributed by atoms with Crippen LogP contribution in [0.15, 0.2) is 22.7 Å². The first-order valence-electron chi connectivity index (χ1n) is 7.35. The number of ether oxygens (including phenoxy) is 1. The summed E-state index contributed by atoms with van der Waals surface area (Å²) in [5.41, 5.74) is 1.51. The van der Waals surface area contributed by atoms with Gasteiger partial charge in [0.1, 0.15) is 0 Å². The number of hydrogen-bond donors (Lipinski definition) is 1. The number of aliphatic carboxylic acids is 1. The molecule has 0 bridgehead atoms. The molecule has 1 N–H and O–H groups in total. The van der Waals surface area contributed by atoms with Gasteiger partial charge in [0.25, 0.3) is 5.91 Å². The Labute approximate surface area is 138 Å². The van der Waals surface area contributed by atoms with E-state index in [2.05, 4.69) is 15.9 Å². The molecule has 2 rings (SSSR count). The van der Waals surface area contributed by atoms with E-state index < -0.39 is 5.97 Å². The number of carboxylic acid groups (broad SMARTS) is 1. The second-order valence-electron chi connectivity index (χ2n) is 5.45. The third-order valence-electron chi connectivity index (χ3n) is 3.89. The highest BCUT2D eigenvalue weighted by Crippen LogP contribution is 2.22. The lowest BCUT2D eigenvalue weighted by atomic mass is 10.0. The Bertz CT molecular complexity index is 555. The highest BCUT2D eigenvalue weighted by atomic mass is 79.9. The zero-order valence-electron chi connectivity index (χ0n) is 12.5. The number of halogens is 1. The SMILES string of the molecule is Cc1ccc(Br)cc1C(=O)N(CCC(=O)O)C1CCOCC1. The lowest BCUT2D eigenvalue weighted by molar-refractivity contribution is -0.137. The van der Waals surface area contributed by atoms with Crippen molar-refractivity contribution in [2.75, 3.05) is 19.8 Å². The van der Waals surface area contributed by atoms with E-state index in [1.54, 1.807) is 11.0 Å². The summed E-state index contributed by atoms with van der Waals surface area (Å²) < 4.78 is 6.18. The molecular formula is C16H20BrNO4. The number of aryl methyl sites for hydroxylation is 1. The molecule has 1 fully saturated rings. The van der Waals surface area contributed by atoms with E-state index in [4.69, 9.17) is 9.84 Å². The molecule has 1 aromatic rings. The van der Waals surface area contributed by atoms with Gasteiger partial charge in [0.2, 0.25) is 0 Å². The summed E-state index contributed by atoms with van der Waals surface area (Å²) in [6.07, 6.45) is 1.45. The molecule has 1 aromatic carbocycles. The van der Waals surface area contributed by atoms with Gasteiger partial charge in [0.05, 0.1) is 6.42 Å². The Morgan fingerprint density at radius 3 is 2.68 bits per heavy atom. The Hall–Kier alpha value is -1.40. The van der Waals surface area contributed by atoms with E-state index in [0.717, 1.165) is 22.9 Å². The lowest BCUT2D eigenvalue weighted by Crippen LogP contribution is -2.44. The zero-order chi connectivity index (χ0) is 16.1. The molecule has 0 unspecified atom stereocenters. The Kier molecular flexibility index (Phi) is 5.97. The third-order valence-corrected chi connectivity index (χ3v) is 4.38. The maximum Gasteiger partial charge on any atom is 0.305 e. The summed E-state index contributed by atoms with van der Waals surface area (Å²) in [6.45, 7) is 3.34. The molecule has 0 atom stereocenters. The van der Waals surface area contributed by atoms with Gasteiger partial charge >= 0.3 is 5.97 Å². The fourth-order valence-corrected chi connectivity index (χ4v) is 3.00. The van der Waals surface area contributed by atoms with Crippen molar-refractivity contribution in [3.8, 4) is 0 Å². The molecule has 1 heterocycles. The monoisotopic (exact) mass is 369 g/mol. The number of nitrogens with zero attached hydrogens (tertiary/aromatic N) is 1. The van der Waals surface area contributed by atoms with Crippen LogP contribution in [0.1, 0.15) is 35.2 Å². The van der Waals surface area contributed by atoms with Gasteiger partial charge in [-0.05, 0) is 37.5 Å². The summed E-state index contributed by atoms with van der Waals surface area (Å²) >= 11 is 3.39. The predicted octanol–water partition coefficient (Wildman–Crippen LogP) is 2.85. The molecule has 1 amide bonds. The second kappa shape index (κ2) is 7.74. The van der Waals surface area contributed by atoms with Crippen LogP contribution in [-0.2, 0) is 9.53 Å². The normalized spacial score (nSPS) is 15.5. The fraction of sp³-hybridized carbons (Fsp3) is 0.500. The topological polar surface area (TPSA) is 66.8 Å². The van der Waals surface area contributed by atoms with Crippen molar-refractivity contribution < 1.29 is 19.4 Å². The molecule has 5 nitrogen and oxygen atoms in total. The molecule has 1 saturated heterocycles. The molecule has 0 radical (unpaired) electrons. The number of carboxylic acids is 1. The van der Waals surface area contributed by atoms with Crippen molar-refractivity contribution in [2.45, 2.75) is 32.2 Å². The maximum atomic E-state index is 12.9. The highest BCUT2D eigenvalue weighted by Gasteiger charge is 2.27. The van der Waals surface area contributed by atoms with Crippen molar-refractivity contribution in [2.24, 2.45) is 0 Å². The van der Waals surface area contributed by atoms with Crippen molar-refractivity contribution >= 4 is 27.8 Å². The molecular weight excluding hydrogens is 350 g/mol. The minimum absolute atomic E-state index is 0.0407. The lowest BCUT2D eigenvalue weighted by Gasteiger charge is -2.34. The first kappa shape index (κ1) is 17.0. The average Bonchev–Trinajstić information content (AvgIpc) is 2.50. The van der Waals surface area contributed by atoms with Crippen LogP contribution in [0.4, 0.5) is 0 Å². The van der Waals surface area contributed by atoms with Crippen LogP contribution >= 0.6 is 15.9 Å². The van der Waals surface area contributed by atoms with Crippen LogP contribution in [0, 0.1) is 6.92 Å². The second-order valence-corrected chi connectivity index (χ2v) is 6.36. The molecule has 1 aliphatic heterocycles. The van der Waals surface area contributed by atoms with Gasteiger partial charge in [0, 0.05) is 35.8 Å². The van der Waals surface area contributed by atoms with Crippen LogP contribution in [0.3, 0.4) is 0 Å². The number of hydrogen-bond acceptors (Lipinski definition) is 3. The van der Waals surface area contributed by atoms with E-state index in [-0.39, 0.29) is 24.9 Å². The van der Waals surface area contributed by atoms with E-state index >= 15 is 0 Å². The van der Waals surface area contributed by atoms with Gasteiger partial charge in [-0.15, -0.1) is 0 Å². The fourth-order valence-electron chi connectivity index (χ4n) is 2.64. The smallest absolute Gasteiger partial charge is 0.305 e. The average molecular weight is 370 g/mol. The Morgan fingerprint density at radius 1 is 1.36 bits per heavy atom. The molecule has 6 heteroatoms. The standard InChI is InChI=1S/C16H20BrNO4/c1-11-2-3-12(17)10-14(11)16(21)18(7-4-15(19)20)13-5-8-22-9-6-13/h2-3,10,13H,4-9H2,1H3,(H,19,20). The zero-order valence-corrected chi connectivity index (χ0v) is 14.1. The number of carbonyl (C=O) groups excluding carboxylic acids is 1. The van der Waals surface area contributed by atoms with Crippen LogP contribution in [-0.4, -0.2) is 47.7 Å². The summed E-state index contributed by atoms with van der Waals surface area (Å²) in [5, 5.41) is 8.94. The molecule has 0 spiro atoms. The molecule has 22 heavy (non-hydrogen) atoms. The maximum absolute atomic E-state index is 12.9. The van der Waals surface area contributed by atoms with Gasteiger partial charge in [-0.1, -0.05) is 22.0 Å². The Balaban J connectivity index is 2.23. The third kappa shape index (κ3) is 4.30. The van der Waals surface area contributed by atoms with E-state index in [1.807, 2.05) is 19.1 Å². The highest BCUT2D eigenvalue weighted by molar-refractivity contribution is 9.10. The van der Waals surface area contributed by atoms with Gasteiger partial charge in [-0.2, -0.15) is 0 Å². The molecule has 0 saturated carbocycles. The van der Waals surface area contributed by atoms with Crippen LogP contribution in [0.2, 0.25) is 0 Å². The Morgan fingerprint density at radius 2 is 2.05 bits per heavy atom. The minimum Gasteiger partial charge on any atom is -0.481 e. The van der Waals surface area contributed by atoms with Crippen LogP contribution in [0.5, 0.6) is 0 Å². The van der Waals surface area contributed by atoms with E-state index in [0.29, 0.717) is 18.8 Å². The predicted molar refractivity (Wildman–Crippen MR) is 86.0 cm³/mol. The van der Waals surface area contributed by atoms with Gasteiger partial charge < -0.3 is 14.7 Å².